The summed E-state index contributed by atoms with van der Waals surface area (Å²) in [4.78, 5) is 29.0. The molecule has 1 N–H and O–H groups in total. The second-order valence-electron chi connectivity index (χ2n) is 8.50. The first-order chi connectivity index (χ1) is 13.6. The van der Waals surface area contributed by atoms with Gasteiger partial charge in [-0.15, -0.1) is 0 Å². The highest BCUT2D eigenvalue weighted by Gasteiger charge is 2.31. The van der Waals surface area contributed by atoms with Gasteiger partial charge in [-0.25, -0.2) is 0 Å². The molecule has 8 heteroatoms. The molecular formula is C20H31N5O3. The molecular weight excluding hydrogens is 358 g/mol. The maximum atomic E-state index is 12.3. The SMILES string of the molecule is Cn1ccc(C(=O)NC[C@H]2CN(CC3CCN(CC4CC4)CC3)C(=O)CO2)n1. The Hall–Kier alpha value is -1.93. The van der Waals surface area contributed by atoms with Gasteiger partial charge in [0.15, 0.2) is 0 Å². The summed E-state index contributed by atoms with van der Waals surface area (Å²) < 4.78 is 7.23. The van der Waals surface area contributed by atoms with Gasteiger partial charge in [0, 0.05) is 39.4 Å². The number of carbonyl (C=O) groups is 2. The minimum absolute atomic E-state index is 0.0627. The number of hydrogen-bond acceptors (Lipinski definition) is 5. The molecule has 1 aromatic heterocycles. The summed E-state index contributed by atoms with van der Waals surface area (Å²) in [7, 11) is 1.78. The van der Waals surface area contributed by atoms with Crippen LogP contribution < -0.4 is 5.32 Å². The Kier molecular flexibility index (Phi) is 5.96. The van der Waals surface area contributed by atoms with Crippen LogP contribution in [0.3, 0.4) is 0 Å². The van der Waals surface area contributed by atoms with Crippen molar-refractivity contribution in [2.75, 3.05) is 45.9 Å². The molecule has 2 amide bonds. The molecule has 2 saturated heterocycles. The third kappa shape index (κ3) is 5.11. The fourth-order valence-corrected chi connectivity index (χ4v) is 4.14. The third-order valence-electron chi connectivity index (χ3n) is 6.05. The summed E-state index contributed by atoms with van der Waals surface area (Å²) in [5.74, 6) is 1.36. The molecule has 8 nitrogen and oxygen atoms in total. The quantitative estimate of drug-likeness (QED) is 0.735. The number of nitrogens with zero attached hydrogens (tertiary/aromatic N) is 4. The van der Waals surface area contributed by atoms with Crippen LogP contribution >= 0.6 is 0 Å². The van der Waals surface area contributed by atoms with Gasteiger partial charge < -0.3 is 19.9 Å². The van der Waals surface area contributed by atoms with Crippen LogP contribution in [0.25, 0.3) is 0 Å². The lowest BCUT2D eigenvalue weighted by atomic mass is 9.95. The van der Waals surface area contributed by atoms with Crippen molar-refractivity contribution >= 4 is 11.8 Å². The number of rotatable bonds is 7. The van der Waals surface area contributed by atoms with E-state index in [1.165, 1.54) is 32.2 Å². The molecule has 1 saturated carbocycles. The number of carbonyl (C=O) groups excluding carboxylic acids is 2. The standard InChI is InChI=1S/C20H31N5O3/c1-23-7-6-18(22-23)20(27)21-10-17-13-25(19(26)14-28-17)12-16-4-8-24(9-5-16)11-15-2-3-15/h6-7,15-17H,2-5,8-14H2,1H3,(H,21,27)/t17-/m0/s1. The number of nitrogens with one attached hydrogen (secondary N) is 1. The number of aromatic nitrogens is 2. The van der Waals surface area contributed by atoms with Crippen molar-refractivity contribution in [3.63, 3.8) is 0 Å². The molecule has 1 aliphatic carbocycles. The third-order valence-corrected chi connectivity index (χ3v) is 6.05. The Balaban J connectivity index is 1.21. The molecule has 4 rings (SSSR count). The smallest absolute Gasteiger partial charge is 0.271 e. The Bertz CT molecular complexity index is 694. The van der Waals surface area contributed by atoms with E-state index >= 15 is 0 Å². The molecule has 1 aromatic rings. The zero-order valence-corrected chi connectivity index (χ0v) is 16.7. The highest BCUT2D eigenvalue weighted by atomic mass is 16.5. The van der Waals surface area contributed by atoms with Gasteiger partial charge in [0.05, 0.1) is 6.10 Å². The average Bonchev–Trinajstić information content (AvgIpc) is 3.40. The van der Waals surface area contributed by atoms with E-state index in [-0.39, 0.29) is 24.5 Å². The van der Waals surface area contributed by atoms with Crippen LogP contribution in [0.15, 0.2) is 12.3 Å². The van der Waals surface area contributed by atoms with Crippen molar-refractivity contribution in [1.29, 1.82) is 0 Å². The average molecular weight is 390 g/mol. The molecule has 0 bridgehead atoms. The molecule has 3 aliphatic rings. The van der Waals surface area contributed by atoms with Crippen LogP contribution in [0.5, 0.6) is 0 Å². The lowest BCUT2D eigenvalue weighted by molar-refractivity contribution is -0.149. The van der Waals surface area contributed by atoms with Crippen molar-refractivity contribution in [2.24, 2.45) is 18.9 Å². The topological polar surface area (TPSA) is 79.7 Å². The molecule has 0 radical (unpaired) electrons. The first-order valence-corrected chi connectivity index (χ1v) is 10.5. The van der Waals surface area contributed by atoms with Gasteiger partial charge in [-0.05, 0) is 56.7 Å². The Morgan fingerprint density at radius 2 is 1.96 bits per heavy atom. The lowest BCUT2D eigenvalue weighted by Gasteiger charge is -2.38. The van der Waals surface area contributed by atoms with Crippen LogP contribution in [-0.2, 0) is 16.6 Å². The zero-order valence-electron chi connectivity index (χ0n) is 16.7. The van der Waals surface area contributed by atoms with Gasteiger partial charge in [0.2, 0.25) is 5.91 Å². The summed E-state index contributed by atoms with van der Waals surface area (Å²) in [5.41, 5.74) is 0.393. The lowest BCUT2D eigenvalue weighted by Crippen LogP contribution is -2.52. The molecule has 28 heavy (non-hydrogen) atoms. The van der Waals surface area contributed by atoms with Crippen LogP contribution in [0, 0.1) is 11.8 Å². The molecule has 3 fully saturated rings. The molecule has 0 aromatic carbocycles. The fraction of sp³-hybridized carbons (Fsp3) is 0.750. The number of likely N-dealkylation sites (tertiary alicyclic amines) is 1. The summed E-state index contributed by atoms with van der Waals surface area (Å²) in [5, 5.41) is 6.97. The van der Waals surface area contributed by atoms with E-state index in [4.69, 9.17) is 4.74 Å². The number of piperidine rings is 1. The van der Waals surface area contributed by atoms with Gasteiger partial charge in [-0.1, -0.05) is 0 Å². The van der Waals surface area contributed by atoms with Crippen molar-refractivity contribution < 1.29 is 14.3 Å². The highest BCUT2D eigenvalue weighted by Crippen LogP contribution is 2.31. The summed E-state index contributed by atoms with van der Waals surface area (Å²) in [6.45, 7) is 5.42. The van der Waals surface area contributed by atoms with Crippen molar-refractivity contribution in [3.05, 3.63) is 18.0 Å². The molecule has 1 atom stereocenters. The van der Waals surface area contributed by atoms with Crippen LogP contribution in [0.4, 0.5) is 0 Å². The normalized spacial score (nSPS) is 24.5. The van der Waals surface area contributed by atoms with Crippen molar-refractivity contribution in [2.45, 2.75) is 31.8 Å². The second kappa shape index (κ2) is 8.61. The maximum absolute atomic E-state index is 12.3. The molecule has 2 aliphatic heterocycles. The van der Waals surface area contributed by atoms with E-state index in [2.05, 4.69) is 15.3 Å². The van der Waals surface area contributed by atoms with Gasteiger partial charge in [-0.2, -0.15) is 5.10 Å². The Morgan fingerprint density at radius 1 is 1.21 bits per heavy atom. The van der Waals surface area contributed by atoms with Gasteiger partial charge in [0.25, 0.3) is 5.91 Å². The Morgan fingerprint density at radius 3 is 2.64 bits per heavy atom. The number of hydrogen-bond donors (Lipinski definition) is 1. The monoisotopic (exact) mass is 389 g/mol. The molecule has 154 valence electrons. The van der Waals surface area contributed by atoms with Crippen molar-refractivity contribution in [1.82, 2.24) is 24.9 Å². The van der Waals surface area contributed by atoms with Gasteiger partial charge in [-0.3, -0.25) is 14.3 Å². The number of ether oxygens (including phenoxy) is 1. The van der Waals surface area contributed by atoms with Crippen LogP contribution in [0.2, 0.25) is 0 Å². The number of morpholine rings is 1. The van der Waals surface area contributed by atoms with Gasteiger partial charge >= 0.3 is 0 Å². The predicted octanol–water partition coefficient (Wildman–Crippen LogP) is 0.499. The zero-order chi connectivity index (χ0) is 19.5. The largest absolute Gasteiger partial charge is 0.365 e. The maximum Gasteiger partial charge on any atom is 0.271 e. The summed E-state index contributed by atoms with van der Waals surface area (Å²) in [6.07, 6.45) is 6.71. The first-order valence-electron chi connectivity index (χ1n) is 10.5. The minimum Gasteiger partial charge on any atom is -0.365 e. The molecule has 0 spiro atoms. The summed E-state index contributed by atoms with van der Waals surface area (Å²) in [6, 6.07) is 1.68. The second-order valence-corrected chi connectivity index (χ2v) is 8.50. The van der Waals surface area contributed by atoms with E-state index < -0.39 is 0 Å². The van der Waals surface area contributed by atoms with E-state index in [0.717, 1.165) is 25.6 Å². The minimum atomic E-state index is -0.212. The molecule has 0 unspecified atom stereocenters. The Labute approximate surface area is 166 Å². The molecule has 3 heterocycles. The van der Waals surface area contributed by atoms with E-state index in [0.29, 0.717) is 24.7 Å². The predicted molar refractivity (Wildman–Crippen MR) is 104 cm³/mol. The highest BCUT2D eigenvalue weighted by molar-refractivity contribution is 5.92. The fourth-order valence-electron chi connectivity index (χ4n) is 4.14. The van der Waals surface area contributed by atoms with Crippen LogP contribution in [-0.4, -0.2) is 83.4 Å². The van der Waals surface area contributed by atoms with E-state index in [9.17, 15) is 9.59 Å². The van der Waals surface area contributed by atoms with E-state index in [1.54, 1.807) is 24.0 Å². The van der Waals surface area contributed by atoms with Crippen LogP contribution in [0.1, 0.15) is 36.2 Å². The van der Waals surface area contributed by atoms with E-state index in [1.807, 2.05) is 4.90 Å². The van der Waals surface area contributed by atoms with Gasteiger partial charge in [0.1, 0.15) is 12.3 Å². The number of amides is 2. The van der Waals surface area contributed by atoms with Crippen molar-refractivity contribution in [3.8, 4) is 0 Å². The first kappa shape index (κ1) is 19.4. The summed E-state index contributed by atoms with van der Waals surface area (Å²) >= 11 is 0. The number of aryl methyl sites for hydroxylation is 1.